The molecule has 1 aromatic rings. The summed E-state index contributed by atoms with van der Waals surface area (Å²) in [6.07, 6.45) is 4.44. The first-order valence-corrected chi connectivity index (χ1v) is 7.57. The van der Waals surface area contributed by atoms with Crippen LogP contribution in [0.5, 0.6) is 0 Å². The van der Waals surface area contributed by atoms with E-state index >= 15 is 0 Å². The van der Waals surface area contributed by atoms with E-state index < -0.39 is 0 Å². The molecule has 1 amide bonds. The number of hydrogen-bond acceptors (Lipinski definition) is 1. The van der Waals surface area contributed by atoms with Crippen molar-refractivity contribution in [2.24, 2.45) is 5.92 Å². The number of likely N-dealkylation sites (tertiary alicyclic amines) is 1. The van der Waals surface area contributed by atoms with E-state index in [9.17, 15) is 4.79 Å². The maximum atomic E-state index is 12.0. The van der Waals surface area contributed by atoms with Crippen molar-refractivity contribution in [1.29, 1.82) is 0 Å². The molecule has 1 heterocycles. The van der Waals surface area contributed by atoms with Crippen molar-refractivity contribution < 1.29 is 4.79 Å². The van der Waals surface area contributed by atoms with Gasteiger partial charge in [-0.05, 0) is 49.3 Å². The van der Waals surface area contributed by atoms with E-state index in [1.165, 1.54) is 5.56 Å². The molecule has 0 bridgehead atoms. The summed E-state index contributed by atoms with van der Waals surface area (Å²) in [4.78, 5) is 14.1. The Balaban J connectivity index is 1.61. The van der Waals surface area contributed by atoms with Gasteiger partial charge >= 0.3 is 0 Å². The lowest BCUT2D eigenvalue weighted by Crippen LogP contribution is -2.38. The molecule has 2 nitrogen and oxygen atoms in total. The lowest BCUT2D eigenvalue weighted by molar-refractivity contribution is -0.133. The van der Waals surface area contributed by atoms with Crippen molar-refractivity contribution in [3.63, 3.8) is 0 Å². The molecule has 0 aromatic heterocycles. The van der Waals surface area contributed by atoms with Gasteiger partial charge in [0.2, 0.25) is 5.91 Å². The summed E-state index contributed by atoms with van der Waals surface area (Å²) in [6.45, 7) is 1.87. The van der Waals surface area contributed by atoms with Gasteiger partial charge in [-0.1, -0.05) is 28.1 Å². The van der Waals surface area contributed by atoms with Crippen LogP contribution in [0.2, 0.25) is 0 Å². The van der Waals surface area contributed by atoms with Crippen LogP contribution in [0.25, 0.3) is 0 Å². The van der Waals surface area contributed by atoms with Crippen molar-refractivity contribution in [1.82, 2.24) is 4.90 Å². The molecule has 0 unspecified atom stereocenters. The first-order valence-electron chi connectivity index (χ1n) is 6.78. The minimum absolute atomic E-state index is 0.368. The van der Waals surface area contributed by atoms with Crippen molar-refractivity contribution in [2.45, 2.75) is 31.6 Å². The molecule has 0 spiro atoms. The summed E-state index contributed by atoms with van der Waals surface area (Å²) in [5.74, 6) is 1.39. The van der Waals surface area contributed by atoms with Crippen LogP contribution in [0, 0.1) is 5.92 Å². The number of piperidine rings is 1. The zero-order chi connectivity index (χ0) is 12.5. The molecular weight excluding hydrogens is 290 g/mol. The van der Waals surface area contributed by atoms with Gasteiger partial charge in [-0.25, -0.2) is 0 Å². The lowest BCUT2D eigenvalue weighted by Gasteiger charge is -2.32. The Bertz CT molecular complexity index is 448. The molecular formula is C15H18BrNO. The van der Waals surface area contributed by atoms with E-state index in [-0.39, 0.29) is 0 Å². The molecule has 1 aliphatic carbocycles. The number of benzene rings is 1. The average molecular weight is 308 g/mol. The molecule has 3 rings (SSSR count). The fourth-order valence-corrected chi connectivity index (χ4v) is 3.20. The second kappa shape index (κ2) is 5.04. The monoisotopic (exact) mass is 307 g/mol. The van der Waals surface area contributed by atoms with Crippen LogP contribution in [0.3, 0.4) is 0 Å². The zero-order valence-corrected chi connectivity index (χ0v) is 12.0. The van der Waals surface area contributed by atoms with Gasteiger partial charge in [-0.2, -0.15) is 0 Å². The highest BCUT2D eigenvalue weighted by atomic mass is 79.9. The minimum atomic E-state index is 0.368. The third kappa shape index (κ3) is 2.61. The molecule has 96 valence electrons. The molecule has 0 N–H and O–H groups in total. The summed E-state index contributed by atoms with van der Waals surface area (Å²) in [6, 6.07) is 8.58. The van der Waals surface area contributed by atoms with Crippen LogP contribution in [-0.2, 0) is 4.79 Å². The number of halogens is 1. The minimum Gasteiger partial charge on any atom is -0.342 e. The van der Waals surface area contributed by atoms with Crippen LogP contribution in [0.1, 0.15) is 37.2 Å². The molecule has 18 heavy (non-hydrogen) atoms. The number of nitrogens with zero attached hydrogens (tertiary/aromatic N) is 1. The molecule has 2 fully saturated rings. The molecule has 1 saturated carbocycles. The van der Waals surface area contributed by atoms with E-state index in [2.05, 4.69) is 45.1 Å². The van der Waals surface area contributed by atoms with E-state index in [1.807, 2.05) is 0 Å². The average Bonchev–Trinajstić information content (AvgIpc) is 3.22. The van der Waals surface area contributed by atoms with Gasteiger partial charge in [-0.15, -0.1) is 0 Å². The standard InChI is InChI=1S/C15H18BrNO/c16-14-3-1-2-13(10-14)11-6-8-17(9-7-11)15(18)12-4-5-12/h1-3,10-12H,4-9H2. The van der Waals surface area contributed by atoms with Crippen LogP contribution in [0.15, 0.2) is 28.7 Å². The molecule has 1 aromatic carbocycles. The third-order valence-corrected chi connectivity index (χ3v) is 4.55. The van der Waals surface area contributed by atoms with E-state index in [0.29, 0.717) is 17.7 Å². The number of amides is 1. The summed E-state index contributed by atoms with van der Waals surface area (Å²) >= 11 is 3.53. The summed E-state index contributed by atoms with van der Waals surface area (Å²) < 4.78 is 1.15. The van der Waals surface area contributed by atoms with Gasteiger partial charge in [-0.3, -0.25) is 4.79 Å². The summed E-state index contributed by atoms with van der Waals surface area (Å²) in [7, 11) is 0. The van der Waals surface area contributed by atoms with Crippen molar-refractivity contribution in [3.05, 3.63) is 34.3 Å². The Kier molecular flexibility index (Phi) is 3.42. The van der Waals surface area contributed by atoms with E-state index in [0.717, 1.165) is 43.2 Å². The molecule has 2 aliphatic rings. The number of hydrogen-bond donors (Lipinski definition) is 0. The van der Waals surface area contributed by atoms with Gasteiger partial charge in [0.05, 0.1) is 0 Å². The fraction of sp³-hybridized carbons (Fsp3) is 0.533. The van der Waals surface area contributed by atoms with E-state index in [4.69, 9.17) is 0 Å². The second-order valence-electron chi connectivity index (χ2n) is 5.43. The molecule has 1 aliphatic heterocycles. The Labute approximate surface area is 116 Å². The highest BCUT2D eigenvalue weighted by molar-refractivity contribution is 9.10. The predicted molar refractivity (Wildman–Crippen MR) is 75.4 cm³/mol. The van der Waals surface area contributed by atoms with Gasteiger partial charge in [0.15, 0.2) is 0 Å². The highest BCUT2D eigenvalue weighted by Crippen LogP contribution is 2.34. The quantitative estimate of drug-likeness (QED) is 0.818. The Morgan fingerprint density at radius 3 is 2.50 bits per heavy atom. The number of rotatable bonds is 2. The SMILES string of the molecule is O=C(C1CC1)N1CCC(c2cccc(Br)c2)CC1. The smallest absolute Gasteiger partial charge is 0.225 e. The van der Waals surface area contributed by atoms with Crippen LogP contribution in [-0.4, -0.2) is 23.9 Å². The van der Waals surface area contributed by atoms with Crippen molar-refractivity contribution in [3.8, 4) is 0 Å². The number of carbonyl (C=O) groups excluding carboxylic acids is 1. The van der Waals surface area contributed by atoms with Crippen molar-refractivity contribution in [2.75, 3.05) is 13.1 Å². The van der Waals surface area contributed by atoms with Crippen LogP contribution < -0.4 is 0 Å². The maximum Gasteiger partial charge on any atom is 0.225 e. The fourth-order valence-electron chi connectivity index (χ4n) is 2.78. The Morgan fingerprint density at radius 2 is 1.89 bits per heavy atom. The molecule has 3 heteroatoms. The lowest BCUT2D eigenvalue weighted by atomic mass is 9.89. The van der Waals surface area contributed by atoms with E-state index in [1.54, 1.807) is 0 Å². The van der Waals surface area contributed by atoms with Crippen molar-refractivity contribution >= 4 is 21.8 Å². The Morgan fingerprint density at radius 1 is 1.17 bits per heavy atom. The van der Waals surface area contributed by atoms with Gasteiger partial charge in [0.25, 0.3) is 0 Å². The molecule has 0 atom stereocenters. The van der Waals surface area contributed by atoms with Crippen LogP contribution >= 0.6 is 15.9 Å². The van der Waals surface area contributed by atoms with Crippen LogP contribution in [0.4, 0.5) is 0 Å². The highest BCUT2D eigenvalue weighted by Gasteiger charge is 2.34. The number of carbonyl (C=O) groups is 1. The summed E-state index contributed by atoms with van der Waals surface area (Å²) in [5.41, 5.74) is 1.41. The first kappa shape index (κ1) is 12.2. The molecule has 0 radical (unpaired) electrons. The summed E-state index contributed by atoms with van der Waals surface area (Å²) in [5, 5.41) is 0. The van der Waals surface area contributed by atoms with Gasteiger partial charge in [0, 0.05) is 23.5 Å². The first-order chi connectivity index (χ1) is 8.74. The third-order valence-electron chi connectivity index (χ3n) is 4.05. The van der Waals surface area contributed by atoms with Gasteiger partial charge in [0.1, 0.15) is 0 Å². The molecule has 1 saturated heterocycles. The Hall–Kier alpha value is -0.830. The van der Waals surface area contributed by atoms with Gasteiger partial charge < -0.3 is 4.90 Å². The largest absolute Gasteiger partial charge is 0.342 e. The second-order valence-corrected chi connectivity index (χ2v) is 6.34. The zero-order valence-electron chi connectivity index (χ0n) is 10.4. The predicted octanol–water partition coefficient (Wildman–Crippen LogP) is 3.57. The normalized spacial score (nSPS) is 21.1. The topological polar surface area (TPSA) is 20.3 Å². The maximum absolute atomic E-state index is 12.0.